The van der Waals surface area contributed by atoms with Crippen LogP contribution in [0.15, 0.2) is 47.5 Å². The molecule has 2 aromatic rings. The molecule has 0 aromatic heterocycles. The predicted molar refractivity (Wildman–Crippen MR) is 152 cm³/mol. The van der Waals surface area contributed by atoms with E-state index in [4.69, 9.17) is 9.73 Å². The van der Waals surface area contributed by atoms with Crippen LogP contribution in [0.5, 0.6) is 5.75 Å². The van der Waals surface area contributed by atoms with E-state index >= 15 is 4.39 Å². The Labute approximate surface area is 239 Å². The molecule has 2 heterocycles. The van der Waals surface area contributed by atoms with E-state index in [9.17, 15) is 14.4 Å². The van der Waals surface area contributed by atoms with Crippen molar-refractivity contribution in [1.82, 2.24) is 21.0 Å². The highest BCUT2D eigenvalue weighted by Crippen LogP contribution is 2.27. The number of hydrogen-bond acceptors (Lipinski definition) is 9. The van der Waals surface area contributed by atoms with Gasteiger partial charge in [0.05, 0.1) is 19.2 Å². The normalized spacial score (nSPS) is 15.3. The molecule has 0 spiro atoms. The van der Waals surface area contributed by atoms with Gasteiger partial charge in [0, 0.05) is 57.8 Å². The lowest BCUT2D eigenvalue weighted by atomic mass is 10.0. The number of anilines is 1. The molecule has 1 saturated heterocycles. The second kappa shape index (κ2) is 14.3. The number of halogens is 1. The number of carbonyl (C=O) groups is 3. The second-order valence-corrected chi connectivity index (χ2v) is 9.98. The summed E-state index contributed by atoms with van der Waals surface area (Å²) in [5.41, 5.74) is 3.70. The van der Waals surface area contributed by atoms with E-state index in [0.29, 0.717) is 25.3 Å². The van der Waals surface area contributed by atoms with Crippen molar-refractivity contribution in [2.45, 2.75) is 45.2 Å². The molecule has 0 bridgehead atoms. The highest BCUT2D eigenvalue weighted by molar-refractivity contribution is 5.94. The van der Waals surface area contributed by atoms with E-state index < -0.39 is 23.6 Å². The Bertz CT molecular complexity index is 1250. The molecular weight excluding hydrogens is 531 g/mol. The Hall–Kier alpha value is -4.35. The molecule has 12 heteroatoms. The molecule has 0 atom stereocenters. The monoisotopic (exact) mass is 568 g/mol. The Morgan fingerprint density at radius 2 is 1.90 bits per heavy atom. The fourth-order valence-corrected chi connectivity index (χ4v) is 4.90. The fraction of sp³-hybridized carbons (Fsp3) is 0.448. The van der Waals surface area contributed by atoms with Gasteiger partial charge in [-0.25, -0.2) is 9.18 Å². The third-order valence-electron chi connectivity index (χ3n) is 7.04. The smallest absolute Gasteiger partial charge is 0.334 e. The van der Waals surface area contributed by atoms with Crippen LogP contribution in [0, 0.1) is 5.82 Å². The largest absolute Gasteiger partial charge is 0.497 e. The van der Waals surface area contributed by atoms with Crippen molar-refractivity contribution in [2.75, 3.05) is 44.7 Å². The van der Waals surface area contributed by atoms with Crippen LogP contribution in [-0.4, -0.2) is 74.5 Å². The van der Waals surface area contributed by atoms with Gasteiger partial charge in [0.25, 0.3) is 5.91 Å². The minimum absolute atomic E-state index is 0.0126. The Balaban J connectivity index is 1.33. The van der Waals surface area contributed by atoms with Gasteiger partial charge in [0.1, 0.15) is 11.6 Å². The summed E-state index contributed by atoms with van der Waals surface area (Å²) < 4.78 is 20.4. The first-order valence-corrected chi connectivity index (χ1v) is 13.8. The van der Waals surface area contributed by atoms with Gasteiger partial charge in [-0.3, -0.25) is 14.6 Å². The zero-order valence-corrected chi connectivity index (χ0v) is 23.5. The van der Waals surface area contributed by atoms with E-state index in [1.54, 1.807) is 19.2 Å². The molecule has 3 N–H and O–H groups in total. The van der Waals surface area contributed by atoms with Crippen LogP contribution >= 0.6 is 0 Å². The van der Waals surface area contributed by atoms with E-state index in [2.05, 4.69) is 32.5 Å². The molecule has 2 aliphatic rings. The second-order valence-electron chi connectivity index (χ2n) is 9.98. The van der Waals surface area contributed by atoms with E-state index in [1.807, 2.05) is 22.5 Å². The summed E-state index contributed by atoms with van der Waals surface area (Å²) in [5.74, 6) is -0.458. The minimum Gasteiger partial charge on any atom is -0.497 e. The third kappa shape index (κ3) is 8.32. The van der Waals surface area contributed by atoms with Crippen LogP contribution in [0.3, 0.4) is 0 Å². The van der Waals surface area contributed by atoms with Gasteiger partial charge in [-0.2, -0.15) is 5.48 Å². The van der Waals surface area contributed by atoms with Gasteiger partial charge >= 0.3 is 5.97 Å². The summed E-state index contributed by atoms with van der Waals surface area (Å²) in [7, 11) is 1.65. The number of guanidine groups is 1. The van der Waals surface area contributed by atoms with E-state index in [1.165, 1.54) is 13.0 Å². The molecule has 41 heavy (non-hydrogen) atoms. The number of carbonyl (C=O) groups excluding carboxylic acids is 3. The van der Waals surface area contributed by atoms with E-state index in [0.717, 1.165) is 49.6 Å². The zero-order chi connectivity index (χ0) is 29.2. The molecule has 4 rings (SSSR count). The highest BCUT2D eigenvalue weighted by Gasteiger charge is 2.29. The summed E-state index contributed by atoms with van der Waals surface area (Å²) in [6, 6.07) is 12.7. The quantitative estimate of drug-likeness (QED) is 0.394. The molecule has 0 unspecified atom stereocenters. The number of hydrogen-bond donors (Lipinski definition) is 3. The van der Waals surface area contributed by atoms with Crippen LogP contribution in [0.4, 0.5) is 10.1 Å². The summed E-state index contributed by atoms with van der Waals surface area (Å²) >= 11 is 0. The van der Waals surface area contributed by atoms with Crippen molar-refractivity contribution in [2.24, 2.45) is 4.99 Å². The topological polar surface area (TPSA) is 125 Å². The molecule has 2 amide bonds. The average molecular weight is 569 g/mol. The van der Waals surface area contributed by atoms with Gasteiger partial charge < -0.3 is 30.0 Å². The van der Waals surface area contributed by atoms with Crippen molar-refractivity contribution in [3.8, 4) is 5.75 Å². The molecule has 1 fully saturated rings. The van der Waals surface area contributed by atoms with Crippen molar-refractivity contribution >= 4 is 29.4 Å². The average Bonchev–Trinajstić information content (AvgIpc) is 2.99. The molecule has 0 aliphatic carbocycles. The number of piperidine rings is 1. The molecule has 2 aromatic carbocycles. The van der Waals surface area contributed by atoms with Crippen molar-refractivity contribution < 1.29 is 28.3 Å². The maximum absolute atomic E-state index is 15.1. The summed E-state index contributed by atoms with van der Waals surface area (Å²) in [4.78, 5) is 48.4. The summed E-state index contributed by atoms with van der Waals surface area (Å²) in [5, 5.41) is 6.01. The van der Waals surface area contributed by atoms with Crippen LogP contribution < -0.4 is 25.8 Å². The Morgan fingerprint density at radius 3 is 2.54 bits per heavy atom. The fourth-order valence-electron chi connectivity index (χ4n) is 4.90. The molecule has 220 valence electrons. The van der Waals surface area contributed by atoms with Crippen LogP contribution in [0.25, 0.3) is 0 Å². The zero-order valence-electron chi connectivity index (χ0n) is 23.5. The number of methoxy groups -OCH3 is 1. The van der Waals surface area contributed by atoms with Gasteiger partial charge in [-0.1, -0.05) is 12.1 Å². The Kier molecular flexibility index (Phi) is 10.4. The lowest BCUT2D eigenvalue weighted by Gasteiger charge is -2.41. The number of nitrogens with one attached hydrogen (secondary N) is 3. The first-order valence-electron chi connectivity index (χ1n) is 13.8. The summed E-state index contributed by atoms with van der Waals surface area (Å²) in [6.45, 7) is 4.92. The molecular formula is C29H37FN6O5. The molecule has 2 aliphatic heterocycles. The number of nitrogens with zero attached hydrogens (tertiary/aromatic N) is 3. The summed E-state index contributed by atoms with van der Waals surface area (Å²) in [6.07, 6.45) is 2.52. The number of rotatable bonds is 9. The number of hydroxylamine groups is 1. The molecule has 0 saturated carbocycles. The first-order chi connectivity index (χ1) is 19.8. The standard InChI is InChI=1S/C29H37FN6O5/c1-20(37)34-41-27(38)10-15-31-28(39)22-6-9-26(25(30)18-22)35-16-11-23(12-17-35)36(29-32-13-3-14-33-29)19-21-4-7-24(40-2)8-5-21/h4-9,18,23H,3,10-17,19H2,1-2H3,(H,31,39)(H,32,33)(H,34,37). The Morgan fingerprint density at radius 1 is 1.15 bits per heavy atom. The maximum Gasteiger partial charge on any atom is 0.334 e. The molecule has 0 radical (unpaired) electrons. The number of amides is 2. The SMILES string of the molecule is COc1ccc(CN(C2=NCCCN2)C2CCN(c3ccc(C(=O)NCCC(=O)ONC(C)=O)cc3F)CC2)cc1. The van der Waals surface area contributed by atoms with E-state index in [-0.39, 0.29) is 24.6 Å². The number of ether oxygens (including phenoxy) is 1. The van der Waals surface area contributed by atoms with Crippen LogP contribution in [0.1, 0.15) is 48.5 Å². The number of benzene rings is 2. The van der Waals surface area contributed by atoms with Crippen molar-refractivity contribution in [3.63, 3.8) is 0 Å². The van der Waals surface area contributed by atoms with Crippen LogP contribution in [0.2, 0.25) is 0 Å². The lowest BCUT2D eigenvalue weighted by Crippen LogP contribution is -2.52. The van der Waals surface area contributed by atoms with Crippen molar-refractivity contribution in [3.05, 3.63) is 59.4 Å². The van der Waals surface area contributed by atoms with Gasteiger partial charge in [-0.05, 0) is 55.2 Å². The van der Waals surface area contributed by atoms with Gasteiger partial charge in [0.15, 0.2) is 5.96 Å². The highest BCUT2D eigenvalue weighted by atomic mass is 19.1. The van der Waals surface area contributed by atoms with Crippen LogP contribution in [-0.2, 0) is 21.0 Å². The predicted octanol–water partition coefficient (Wildman–Crippen LogP) is 2.37. The van der Waals surface area contributed by atoms with Gasteiger partial charge in [0.2, 0.25) is 5.91 Å². The maximum atomic E-state index is 15.1. The lowest BCUT2D eigenvalue weighted by molar-refractivity contribution is -0.157. The first kappa shape index (κ1) is 29.6. The number of aliphatic imine (C=N–C) groups is 1. The van der Waals surface area contributed by atoms with Gasteiger partial charge in [-0.15, -0.1) is 0 Å². The third-order valence-corrected chi connectivity index (χ3v) is 7.04. The van der Waals surface area contributed by atoms with Crippen molar-refractivity contribution in [1.29, 1.82) is 0 Å². The molecule has 11 nitrogen and oxygen atoms in total. The minimum atomic E-state index is -0.695.